The molecule has 0 spiro atoms. The highest BCUT2D eigenvalue weighted by Crippen LogP contribution is 2.44. The molecule has 0 unspecified atom stereocenters. The summed E-state index contributed by atoms with van der Waals surface area (Å²) in [6.07, 6.45) is 8.14. The molecule has 3 atom stereocenters. The van der Waals surface area contributed by atoms with Crippen LogP contribution in [0.15, 0.2) is 36.5 Å². The van der Waals surface area contributed by atoms with Gasteiger partial charge in [-0.15, -0.1) is 0 Å². The lowest BCUT2D eigenvalue weighted by atomic mass is 9.97. The molecule has 0 radical (unpaired) electrons. The van der Waals surface area contributed by atoms with Crippen LogP contribution >= 0.6 is 0 Å². The van der Waals surface area contributed by atoms with E-state index in [4.69, 9.17) is 0 Å². The van der Waals surface area contributed by atoms with Gasteiger partial charge < -0.3 is 5.32 Å². The Kier molecular flexibility index (Phi) is 3.45. The number of benzene rings is 1. The number of carbonyl (C=O) groups is 1. The summed E-state index contributed by atoms with van der Waals surface area (Å²) in [6.45, 7) is 0. The topological polar surface area (TPSA) is 57.8 Å². The summed E-state index contributed by atoms with van der Waals surface area (Å²) in [5, 5.41) is 10.1. The van der Waals surface area contributed by atoms with Crippen molar-refractivity contribution in [1.82, 2.24) is 15.5 Å². The van der Waals surface area contributed by atoms with Crippen LogP contribution in [0.2, 0.25) is 0 Å². The van der Waals surface area contributed by atoms with E-state index in [1.54, 1.807) is 6.20 Å². The number of fused-ring (bicyclic) bond motifs is 1. The Morgan fingerprint density at radius 1 is 1.09 bits per heavy atom. The molecular formula is C18H21N3O. The summed E-state index contributed by atoms with van der Waals surface area (Å²) in [4.78, 5) is 12.5. The molecule has 22 heavy (non-hydrogen) atoms. The van der Waals surface area contributed by atoms with Gasteiger partial charge in [0, 0.05) is 17.8 Å². The van der Waals surface area contributed by atoms with Gasteiger partial charge in [0.1, 0.15) is 0 Å². The third-order valence-corrected chi connectivity index (χ3v) is 5.36. The van der Waals surface area contributed by atoms with Gasteiger partial charge in [0.05, 0.1) is 5.69 Å². The number of aromatic amines is 1. The monoisotopic (exact) mass is 295 g/mol. The maximum absolute atomic E-state index is 12.5. The Bertz CT molecular complexity index is 647. The molecule has 4 nitrogen and oxygen atoms in total. The zero-order chi connectivity index (χ0) is 14.9. The number of H-pyrrole nitrogens is 1. The number of nitrogens with zero attached hydrogens (tertiary/aromatic N) is 1. The summed E-state index contributed by atoms with van der Waals surface area (Å²) in [7, 11) is 0. The first-order valence-electron chi connectivity index (χ1n) is 8.22. The van der Waals surface area contributed by atoms with E-state index < -0.39 is 0 Å². The highest BCUT2D eigenvalue weighted by molar-refractivity contribution is 5.94. The van der Waals surface area contributed by atoms with Crippen molar-refractivity contribution in [3.63, 3.8) is 0 Å². The number of aromatic nitrogens is 2. The molecule has 2 N–H and O–H groups in total. The number of hydrogen-bond acceptors (Lipinski definition) is 2. The molecular weight excluding hydrogens is 274 g/mol. The molecule has 0 aliphatic heterocycles. The van der Waals surface area contributed by atoms with Gasteiger partial charge in [-0.05, 0) is 54.9 Å². The van der Waals surface area contributed by atoms with Gasteiger partial charge in [-0.25, -0.2) is 0 Å². The van der Waals surface area contributed by atoms with Gasteiger partial charge >= 0.3 is 0 Å². The summed E-state index contributed by atoms with van der Waals surface area (Å²) >= 11 is 0. The van der Waals surface area contributed by atoms with Crippen LogP contribution in [0.1, 0.15) is 42.5 Å². The fourth-order valence-corrected chi connectivity index (χ4v) is 4.21. The van der Waals surface area contributed by atoms with Crippen LogP contribution in [-0.2, 0) is 0 Å². The summed E-state index contributed by atoms with van der Waals surface area (Å²) in [6, 6.07) is 10.0. The lowest BCUT2D eigenvalue weighted by Gasteiger charge is -2.20. The molecule has 1 aromatic heterocycles. The second-order valence-electron chi connectivity index (χ2n) is 6.56. The minimum Gasteiger partial charge on any atom is -0.349 e. The Hall–Kier alpha value is -2.10. The van der Waals surface area contributed by atoms with Gasteiger partial charge in [0.2, 0.25) is 0 Å². The third-order valence-electron chi connectivity index (χ3n) is 5.36. The van der Waals surface area contributed by atoms with Gasteiger partial charge in [0.25, 0.3) is 5.91 Å². The molecule has 0 bridgehead atoms. The van der Waals surface area contributed by atoms with E-state index in [2.05, 4.69) is 15.5 Å². The molecule has 1 amide bonds. The molecule has 4 heteroatoms. The molecule has 4 rings (SSSR count). The van der Waals surface area contributed by atoms with Gasteiger partial charge in [-0.3, -0.25) is 9.89 Å². The Morgan fingerprint density at radius 2 is 1.95 bits per heavy atom. The lowest BCUT2D eigenvalue weighted by molar-refractivity contribution is 0.0926. The van der Waals surface area contributed by atoms with Crippen molar-refractivity contribution in [2.24, 2.45) is 11.8 Å². The van der Waals surface area contributed by atoms with Crippen molar-refractivity contribution in [1.29, 1.82) is 0 Å². The van der Waals surface area contributed by atoms with Crippen LogP contribution in [0.4, 0.5) is 0 Å². The molecule has 2 aliphatic rings. The van der Waals surface area contributed by atoms with E-state index >= 15 is 0 Å². The number of nitrogens with one attached hydrogen (secondary N) is 2. The van der Waals surface area contributed by atoms with Gasteiger partial charge in [-0.2, -0.15) is 5.10 Å². The average molecular weight is 295 g/mol. The van der Waals surface area contributed by atoms with Crippen LogP contribution in [-0.4, -0.2) is 22.1 Å². The van der Waals surface area contributed by atoms with Crippen molar-refractivity contribution >= 4 is 5.91 Å². The summed E-state index contributed by atoms with van der Waals surface area (Å²) in [5.74, 6) is 1.63. The fraction of sp³-hybridized carbons (Fsp3) is 0.444. The molecule has 2 aliphatic carbocycles. The first-order chi connectivity index (χ1) is 10.8. The molecule has 1 heterocycles. The second kappa shape index (κ2) is 5.59. The first kappa shape index (κ1) is 13.6. The van der Waals surface area contributed by atoms with Crippen molar-refractivity contribution in [2.45, 2.75) is 38.1 Å². The SMILES string of the molecule is O=C(N[C@@H]1CC[C@H]2CCC[C@H]21)c1ccc(-c2ccn[nH]2)cc1. The molecule has 1 aromatic carbocycles. The van der Waals surface area contributed by atoms with Crippen molar-refractivity contribution in [2.75, 3.05) is 0 Å². The standard InChI is InChI=1S/C18H21N3O/c22-18(20-17-9-8-12-2-1-3-15(12)17)14-6-4-13(5-7-14)16-10-11-19-21-16/h4-7,10-12,15,17H,1-3,8-9H2,(H,19,21)(H,20,22)/t12-,15-,17-/m1/s1. The minimum atomic E-state index is 0.0636. The van der Waals surface area contributed by atoms with Gasteiger partial charge in [-0.1, -0.05) is 25.0 Å². The van der Waals surface area contributed by atoms with Crippen LogP contribution in [0.5, 0.6) is 0 Å². The number of rotatable bonds is 3. The van der Waals surface area contributed by atoms with Crippen molar-refractivity contribution < 1.29 is 4.79 Å². The molecule has 2 aromatic rings. The number of carbonyl (C=O) groups excluding carboxylic acids is 1. The quantitative estimate of drug-likeness (QED) is 0.912. The first-order valence-corrected chi connectivity index (χ1v) is 8.22. The Balaban J connectivity index is 1.44. The van der Waals surface area contributed by atoms with Crippen LogP contribution < -0.4 is 5.32 Å². The Labute approximate surface area is 130 Å². The van der Waals surface area contributed by atoms with Crippen LogP contribution in [0, 0.1) is 11.8 Å². The molecule has 2 fully saturated rings. The second-order valence-corrected chi connectivity index (χ2v) is 6.56. The predicted molar refractivity (Wildman–Crippen MR) is 85.3 cm³/mol. The number of amides is 1. The smallest absolute Gasteiger partial charge is 0.251 e. The van der Waals surface area contributed by atoms with Crippen LogP contribution in [0.3, 0.4) is 0 Å². The van der Waals surface area contributed by atoms with Crippen molar-refractivity contribution in [3.05, 3.63) is 42.1 Å². The molecule has 114 valence electrons. The number of hydrogen-bond donors (Lipinski definition) is 2. The average Bonchev–Trinajstić information content (AvgIpc) is 3.27. The maximum Gasteiger partial charge on any atom is 0.251 e. The Morgan fingerprint density at radius 3 is 2.73 bits per heavy atom. The normalized spacial score (nSPS) is 26.8. The summed E-state index contributed by atoms with van der Waals surface area (Å²) < 4.78 is 0. The van der Waals surface area contributed by atoms with Crippen molar-refractivity contribution in [3.8, 4) is 11.3 Å². The lowest BCUT2D eigenvalue weighted by Crippen LogP contribution is -2.37. The van der Waals surface area contributed by atoms with E-state index in [-0.39, 0.29) is 5.91 Å². The third kappa shape index (κ3) is 2.43. The zero-order valence-corrected chi connectivity index (χ0v) is 12.6. The summed E-state index contributed by atoms with van der Waals surface area (Å²) in [5.41, 5.74) is 2.76. The van der Waals surface area contributed by atoms with E-state index in [1.807, 2.05) is 30.3 Å². The fourth-order valence-electron chi connectivity index (χ4n) is 4.21. The van der Waals surface area contributed by atoms with Crippen LogP contribution in [0.25, 0.3) is 11.3 Å². The molecule has 0 saturated heterocycles. The van der Waals surface area contributed by atoms with E-state index in [1.165, 1.54) is 25.7 Å². The maximum atomic E-state index is 12.5. The highest BCUT2D eigenvalue weighted by atomic mass is 16.1. The molecule has 2 saturated carbocycles. The largest absolute Gasteiger partial charge is 0.349 e. The van der Waals surface area contributed by atoms with Gasteiger partial charge in [0.15, 0.2) is 0 Å². The van der Waals surface area contributed by atoms with E-state index in [0.717, 1.165) is 29.2 Å². The zero-order valence-electron chi connectivity index (χ0n) is 12.6. The minimum absolute atomic E-state index is 0.0636. The van der Waals surface area contributed by atoms with E-state index in [9.17, 15) is 4.79 Å². The predicted octanol–water partition coefficient (Wildman–Crippen LogP) is 3.39. The highest BCUT2D eigenvalue weighted by Gasteiger charge is 2.39. The van der Waals surface area contributed by atoms with E-state index in [0.29, 0.717) is 12.0 Å².